The molecule has 1 unspecified atom stereocenters. The molecule has 0 fully saturated rings. The van der Waals surface area contributed by atoms with Crippen molar-refractivity contribution in [1.82, 2.24) is 5.32 Å². The zero-order chi connectivity index (χ0) is 12.0. The Balaban J connectivity index is 2.78. The van der Waals surface area contributed by atoms with E-state index in [2.05, 4.69) is 19.2 Å². The largest absolute Gasteiger partial charge is 0.310 e. The first kappa shape index (κ1) is 13.5. The van der Waals surface area contributed by atoms with Gasteiger partial charge in [-0.15, -0.1) is 0 Å². The van der Waals surface area contributed by atoms with Gasteiger partial charge in [-0.25, -0.2) is 4.39 Å². The minimum Gasteiger partial charge on any atom is -0.310 e. The maximum Gasteiger partial charge on any atom is 0.141 e. The van der Waals surface area contributed by atoms with Crippen LogP contribution < -0.4 is 5.32 Å². The van der Waals surface area contributed by atoms with E-state index in [1.165, 1.54) is 6.07 Å². The van der Waals surface area contributed by atoms with Crippen LogP contribution in [0.1, 0.15) is 44.7 Å². The van der Waals surface area contributed by atoms with Crippen molar-refractivity contribution in [3.8, 4) is 0 Å². The van der Waals surface area contributed by atoms with E-state index in [0.29, 0.717) is 0 Å². The van der Waals surface area contributed by atoms with Crippen LogP contribution in [0.15, 0.2) is 18.2 Å². The van der Waals surface area contributed by atoms with Crippen molar-refractivity contribution < 1.29 is 4.39 Å². The number of hydrogen-bond donors (Lipinski definition) is 1. The van der Waals surface area contributed by atoms with Gasteiger partial charge >= 0.3 is 0 Å². The lowest BCUT2D eigenvalue weighted by Crippen LogP contribution is -2.20. The van der Waals surface area contributed by atoms with Crippen LogP contribution in [0.3, 0.4) is 0 Å². The van der Waals surface area contributed by atoms with Gasteiger partial charge in [0, 0.05) is 6.04 Å². The Labute approximate surface area is 102 Å². The van der Waals surface area contributed by atoms with E-state index < -0.39 is 0 Å². The number of nitrogens with one attached hydrogen (secondary N) is 1. The number of benzene rings is 1. The van der Waals surface area contributed by atoms with Crippen molar-refractivity contribution in [2.45, 2.75) is 39.2 Å². The van der Waals surface area contributed by atoms with Gasteiger partial charge in [-0.1, -0.05) is 44.4 Å². The van der Waals surface area contributed by atoms with Gasteiger partial charge in [-0.3, -0.25) is 0 Å². The number of halogens is 2. The number of unbranched alkanes of at least 4 members (excludes halogenated alkanes) is 1. The summed E-state index contributed by atoms with van der Waals surface area (Å²) in [7, 11) is 0. The molecule has 0 bridgehead atoms. The van der Waals surface area contributed by atoms with Crippen LogP contribution in [0.5, 0.6) is 0 Å². The van der Waals surface area contributed by atoms with Gasteiger partial charge in [0.15, 0.2) is 0 Å². The van der Waals surface area contributed by atoms with Crippen molar-refractivity contribution in [1.29, 1.82) is 0 Å². The van der Waals surface area contributed by atoms with Crippen LogP contribution in [0, 0.1) is 5.82 Å². The Morgan fingerprint density at radius 2 is 2.12 bits per heavy atom. The first-order valence-electron chi connectivity index (χ1n) is 5.87. The van der Waals surface area contributed by atoms with Crippen molar-refractivity contribution in [2.75, 3.05) is 6.54 Å². The molecule has 16 heavy (non-hydrogen) atoms. The van der Waals surface area contributed by atoms with Gasteiger partial charge < -0.3 is 5.32 Å². The van der Waals surface area contributed by atoms with Crippen LogP contribution in [0.25, 0.3) is 0 Å². The summed E-state index contributed by atoms with van der Waals surface area (Å²) in [6.45, 7) is 5.15. The van der Waals surface area contributed by atoms with Crippen LogP contribution >= 0.6 is 11.6 Å². The molecule has 0 amide bonds. The fourth-order valence-electron chi connectivity index (χ4n) is 1.77. The SMILES string of the molecule is CCCCC(NCC)c1ccc(F)c(Cl)c1. The van der Waals surface area contributed by atoms with E-state index in [4.69, 9.17) is 11.6 Å². The predicted molar refractivity (Wildman–Crippen MR) is 67.4 cm³/mol. The molecule has 1 aromatic rings. The molecule has 1 nitrogen and oxygen atoms in total. The second-order valence-corrected chi connectivity index (χ2v) is 4.33. The van der Waals surface area contributed by atoms with Crippen LogP contribution in [0.4, 0.5) is 4.39 Å². The average Bonchev–Trinajstić information content (AvgIpc) is 2.28. The fourth-order valence-corrected chi connectivity index (χ4v) is 1.96. The van der Waals surface area contributed by atoms with E-state index in [9.17, 15) is 4.39 Å². The van der Waals surface area contributed by atoms with Gasteiger partial charge in [0.1, 0.15) is 5.82 Å². The maximum atomic E-state index is 13.0. The molecule has 0 aromatic heterocycles. The normalized spacial score (nSPS) is 12.8. The average molecular weight is 244 g/mol. The summed E-state index contributed by atoms with van der Waals surface area (Å²) in [4.78, 5) is 0. The topological polar surface area (TPSA) is 12.0 Å². The Morgan fingerprint density at radius 3 is 2.69 bits per heavy atom. The summed E-state index contributed by atoms with van der Waals surface area (Å²) in [5, 5.41) is 3.60. The lowest BCUT2D eigenvalue weighted by Gasteiger charge is -2.18. The number of hydrogen-bond acceptors (Lipinski definition) is 1. The van der Waals surface area contributed by atoms with Crippen molar-refractivity contribution in [3.05, 3.63) is 34.6 Å². The Bertz CT molecular complexity index is 328. The standard InChI is InChI=1S/C13H19ClFN/c1-3-5-6-13(16-4-2)10-7-8-12(15)11(14)9-10/h7-9,13,16H,3-6H2,1-2H3. The molecule has 0 heterocycles. The summed E-state index contributed by atoms with van der Waals surface area (Å²) in [6, 6.07) is 5.25. The summed E-state index contributed by atoms with van der Waals surface area (Å²) in [6.07, 6.45) is 3.38. The second-order valence-electron chi connectivity index (χ2n) is 3.93. The Kier molecular flexibility index (Phi) is 5.78. The fraction of sp³-hybridized carbons (Fsp3) is 0.538. The van der Waals surface area contributed by atoms with Crippen LogP contribution in [-0.4, -0.2) is 6.54 Å². The van der Waals surface area contributed by atoms with Gasteiger partial charge in [-0.2, -0.15) is 0 Å². The molecule has 0 aliphatic heterocycles. The van der Waals surface area contributed by atoms with E-state index in [1.807, 2.05) is 6.07 Å². The second kappa shape index (κ2) is 6.87. The van der Waals surface area contributed by atoms with Crippen LogP contribution in [-0.2, 0) is 0 Å². The smallest absolute Gasteiger partial charge is 0.141 e. The van der Waals surface area contributed by atoms with Crippen molar-refractivity contribution >= 4 is 11.6 Å². The van der Waals surface area contributed by atoms with Crippen molar-refractivity contribution in [2.24, 2.45) is 0 Å². The summed E-state index contributed by atoms with van der Waals surface area (Å²) in [5.41, 5.74) is 1.07. The molecule has 1 rings (SSSR count). The highest BCUT2D eigenvalue weighted by Gasteiger charge is 2.11. The van der Waals surface area contributed by atoms with Gasteiger partial charge in [0.2, 0.25) is 0 Å². The third-order valence-corrected chi connectivity index (χ3v) is 2.93. The molecule has 0 spiro atoms. The monoisotopic (exact) mass is 243 g/mol. The van der Waals surface area contributed by atoms with E-state index in [-0.39, 0.29) is 16.9 Å². The molecule has 0 radical (unpaired) electrons. The third-order valence-electron chi connectivity index (χ3n) is 2.64. The summed E-state index contributed by atoms with van der Waals surface area (Å²) in [5.74, 6) is -0.351. The van der Waals surface area contributed by atoms with Crippen LogP contribution in [0.2, 0.25) is 5.02 Å². The van der Waals surface area contributed by atoms with E-state index in [0.717, 1.165) is 31.4 Å². The molecular formula is C13H19ClFN. The molecule has 0 saturated heterocycles. The molecule has 3 heteroatoms. The Hall–Kier alpha value is -0.600. The Morgan fingerprint density at radius 1 is 1.38 bits per heavy atom. The first-order valence-corrected chi connectivity index (χ1v) is 6.25. The minimum absolute atomic E-state index is 0.205. The quantitative estimate of drug-likeness (QED) is 0.785. The predicted octanol–water partition coefficient (Wildman–Crippen LogP) is 4.32. The summed E-state index contributed by atoms with van der Waals surface area (Å²) < 4.78 is 13.0. The van der Waals surface area contributed by atoms with Crippen molar-refractivity contribution in [3.63, 3.8) is 0 Å². The van der Waals surface area contributed by atoms with E-state index >= 15 is 0 Å². The molecule has 90 valence electrons. The number of rotatable bonds is 6. The zero-order valence-corrected chi connectivity index (χ0v) is 10.6. The van der Waals surface area contributed by atoms with Gasteiger partial charge in [-0.05, 0) is 30.7 Å². The third kappa shape index (κ3) is 3.76. The highest BCUT2D eigenvalue weighted by molar-refractivity contribution is 6.30. The lowest BCUT2D eigenvalue weighted by molar-refractivity contribution is 0.493. The molecule has 0 aliphatic carbocycles. The molecular weight excluding hydrogens is 225 g/mol. The van der Waals surface area contributed by atoms with Gasteiger partial charge in [0.25, 0.3) is 0 Å². The lowest BCUT2D eigenvalue weighted by atomic mass is 10.0. The first-order chi connectivity index (χ1) is 7.69. The van der Waals surface area contributed by atoms with Gasteiger partial charge in [0.05, 0.1) is 5.02 Å². The highest BCUT2D eigenvalue weighted by Crippen LogP contribution is 2.24. The molecule has 1 atom stereocenters. The summed E-state index contributed by atoms with van der Waals surface area (Å²) >= 11 is 5.79. The molecule has 0 saturated carbocycles. The van der Waals surface area contributed by atoms with E-state index in [1.54, 1.807) is 6.07 Å². The molecule has 0 aliphatic rings. The maximum absolute atomic E-state index is 13.0. The molecule has 1 aromatic carbocycles. The molecule has 1 N–H and O–H groups in total. The zero-order valence-electron chi connectivity index (χ0n) is 9.89. The minimum atomic E-state index is -0.351. The highest BCUT2D eigenvalue weighted by atomic mass is 35.5.